The van der Waals surface area contributed by atoms with Crippen LogP contribution in [-0.4, -0.2) is 42.1 Å². The predicted molar refractivity (Wildman–Crippen MR) is 93.6 cm³/mol. The molecule has 6 heteroatoms. The molecule has 0 radical (unpaired) electrons. The Morgan fingerprint density at radius 3 is 3.08 bits per heavy atom. The van der Waals surface area contributed by atoms with Crippen molar-refractivity contribution in [2.45, 2.75) is 38.0 Å². The highest BCUT2D eigenvalue weighted by molar-refractivity contribution is 5.93. The molecule has 5 rings (SSSR count). The highest BCUT2D eigenvalue weighted by Gasteiger charge is 2.62. The number of carbonyl (C=O) groups excluding carboxylic acids is 1. The van der Waals surface area contributed by atoms with Crippen molar-refractivity contribution in [3.8, 4) is 0 Å². The van der Waals surface area contributed by atoms with Gasteiger partial charge in [0.05, 0.1) is 30.1 Å². The molecule has 2 bridgehead atoms. The Hall–Kier alpha value is -2.05. The topological polar surface area (TPSA) is 67.9 Å². The van der Waals surface area contributed by atoms with Gasteiger partial charge in [0.2, 0.25) is 0 Å². The number of ether oxygens (including phenoxy) is 1. The summed E-state index contributed by atoms with van der Waals surface area (Å²) in [4.78, 5) is 14.7. The van der Waals surface area contributed by atoms with Gasteiger partial charge in [-0.2, -0.15) is 0 Å². The summed E-state index contributed by atoms with van der Waals surface area (Å²) in [6.07, 6.45) is 5.50. The van der Waals surface area contributed by atoms with E-state index in [0.717, 1.165) is 44.0 Å². The minimum atomic E-state index is -0.0727. The third-order valence-corrected chi connectivity index (χ3v) is 6.31. The number of nitrogens with one attached hydrogen (secondary N) is 1. The quantitative estimate of drug-likeness (QED) is 0.892. The van der Waals surface area contributed by atoms with Crippen LogP contribution in [0.1, 0.15) is 34.7 Å². The van der Waals surface area contributed by atoms with E-state index in [0.29, 0.717) is 23.9 Å². The standard InChI is InChI=1S/C20H24N2O4/c1-13-2-3-15(25-13)9-22-10-17-16(18-4-6-20(17,12-22)26-18)8-21-19(23)14-5-7-24-11-14/h2-3,5,7,11,16-18H,4,6,8-10,12H2,1H3,(H,21,23)/t16-,17+,18+,20+/m0/s1. The molecular formula is C20H24N2O4. The summed E-state index contributed by atoms with van der Waals surface area (Å²) in [5.74, 6) is 2.74. The summed E-state index contributed by atoms with van der Waals surface area (Å²) in [5, 5.41) is 3.07. The molecule has 4 atom stereocenters. The van der Waals surface area contributed by atoms with Crippen molar-refractivity contribution in [3.63, 3.8) is 0 Å². The van der Waals surface area contributed by atoms with E-state index in [-0.39, 0.29) is 17.6 Å². The minimum Gasteiger partial charge on any atom is -0.472 e. The van der Waals surface area contributed by atoms with E-state index in [1.165, 1.54) is 12.5 Å². The molecule has 0 aliphatic carbocycles. The third-order valence-electron chi connectivity index (χ3n) is 6.31. The van der Waals surface area contributed by atoms with Crippen molar-refractivity contribution in [1.82, 2.24) is 10.2 Å². The van der Waals surface area contributed by atoms with Crippen LogP contribution in [0.2, 0.25) is 0 Å². The Morgan fingerprint density at radius 1 is 1.38 bits per heavy atom. The monoisotopic (exact) mass is 356 g/mol. The van der Waals surface area contributed by atoms with Crippen molar-refractivity contribution in [1.29, 1.82) is 0 Å². The average molecular weight is 356 g/mol. The van der Waals surface area contributed by atoms with E-state index in [1.54, 1.807) is 6.07 Å². The summed E-state index contributed by atoms with van der Waals surface area (Å²) in [6.45, 7) is 5.43. The van der Waals surface area contributed by atoms with E-state index >= 15 is 0 Å². The Balaban J connectivity index is 1.25. The molecule has 3 fully saturated rings. The number of hydrogen-bond donors (Lipinski definition) is 1. The lowest BCUT2D eigenvalue weighted by Crippen LogP contribution is -2.41. The second-order valence-corrected chi connectivity index (χ2v) is 7.93. The maximum atomic E-state index is 12.2. The molecule has 2 aromatic heterocycles. The molecule has 3 aliphatic rings. The lowest BCUT2D eigenvalue weighted by molar-refractivity contribution is 0.00166. The van der Waals surface area contributed by atoms with Crippen LogP contribution < -0.4 is 5.32 Å². The van der Waals surface area contributed by atoms with Crippen LogP contribution in [0.15, 0.2) is 39.6 Å². The van der Waals surface area contributed by atoms with Gasteiger partial charge in [-0.15, -0.1) is 0 Å². The number of fused-ring (bicyclic) bond motifs is 1. The fraction of sp³-hybridized carbons (Fsp3) is 0.550. The molecule has 2 aromatic rings. The summed E-state index contributed by atoms with van der Waals surface area (Å²) in [5.41, 5.74) is 0.544. The van der Waals surface area contributed by atoms with Gasteiger partial charge >= 0.3 is 0 Å². The van der Waals surface area contributed by atoms with Crippen LogP contribution in [0.25, 0.3) is 0 Å². The Morgan fingerprint density at radius 2 is 2.31 bits per heavy atom. The Kier molecular flexibility index (Phi) is 3.72. The molecule has 1 N–H and O–H groups in total. The fourth-order valence-electron chi connectivity index (χ4n) is 5.18. The van der Waals surface area contributed by atoms with Gasteiger partial charge in [-0.3, -0.25) is 9.69 Å². The van der Waals surface area contributed by atoms with E-state index in [9.17, 15) is 4.79 Å². The van der Waals surface area contributed by atoms with Gasteiger partial charge in [-0.05, 0) is 38.0 Å². The first-order valence-electron chi connectivity index (χ1n) is 9.39. The lowest BCUT2D eigenvalue weighted by atomic mass is 9.73. The largest absolute Gasteiger partial charge is 0.472 e. The lowest BCUT2D eigenvalue weighted by Gasteiger charge is -2.29. The predicted octanol–water partition coefficient (Wildman–Crippen LogP) is 2.59. The maximum Gasteiger partial charge on any atom is 0.254 e. The molecule has 3 saturated heterocycles. The van der Waals surface area contributed by atoms with Crippen molar-refractivity contribution >= 4 is 5.91 Å². The minimum absolute atomic E-state index is 0.0304. The van der Waals surface area contributed by atoms with Crippen LogP contribution in [-0.2, 0) is 11.3 Å². The molecule has 5 heterocycles. The van der Waals surface area contributed by atoms with Crippen LogP contribution >= 0.6 is 0 Å². The van der Waals surface area contributed by atoms with E-state index in [4.69, 9.17) is 13.6 Å². The van der Waals surface area contributed by atoms with Crippen LogP contribution in [0, 0.1) is 18.8 Å². The summed E-state index contributed by atoms with van der Waals surface area (Å²) in [7, 11) is 0. The average Bonchev–Trinajstić information content (AvgIpc) is 3.40. The third kappa shape index (κ3) is 2.59. The van der Waals surface area contributed by atoms with Crippen LogP contribution in [0.5, 0.6) is 0 Å². The van der Waals surface area contributed by atoms with Gasteiger partial charge in [-0.1, -0.05) is 0 Å². The highest BCUT2D eigenvalue weighted by Crippen LogP contribution is 2.54. The summed E-state index contributed by atoms with van der Waals surface area (Å²) >= 11 is 0. The molecular weight excluding hydrogens is 332 g/mol. The zero-order valence-corrected chi connectivity index (χ0v) is 14.9. The highest BCUT2D eigenvalue weighted by atomic mass is 16.5. The van der Waals surface area contributed by atoms with Gasteiger partial charge in [0.25, 0.3) is 5.91 Å². The Bertz CT molecular complexity index is 799. The maximum absolute atomic E-state index is 12.2. The summed E-state index contributed by atoms with van der Waals surface area (Å²) < 4.78 is 17.2. The van der Waals surface area contributed by atoms with Crippen molar-refractivity contribution in [3.05, 3.63) is 47.8 Å². The molecule has 138 valence electrons. The first kappa shape index (κ1) is 16.1. The number of aryl methyl sites for hydroxylation is 1. The number of nitrogens with zero attached hydrogens (tertiary/aromatic N) is 1. The number of likely N-dealkylation sites (tertiary alicyclic amines) is 1. The van der Waals surface area contributed by atoms with Gasteiger partial charge in [0.15, 0.2) is 0 Å². The molecule has 1 spiro atoms. The smallest absolute Gasteiger partial charge is 0.254 e. The van der Waals surface area contributed by atoms with E-state index in [2.05, 4.69) is 16.3 Å². The molecule has 1 amide bonds. The normalized spacial score (nSPS) is 32.9. The zero-order valence-electron chi connectivity index (χ0n) is 14.9. The van der Waals surface area contributed by atoms with Crippen molar-refractivity contribution in [2.75, 3.05) is 19.6 Å². The Labute approximate surface area is 152 Å². The zero-order chi connectivity index (χ0) is 17.7. The van der Waals surface area contributed by atoms with Gasteiger partial charge in [0, 0.05) is 31.5 Å². The summed E-state index contributed by atoms with van der Waals surface area (Å²) in [6, 6.07) is 5.76. The number of carbonyl (C=O) groups is 1. The molecule has 3 aliphatic heterocycles. The van der Waals surface area contributed by atoms with Gasteiger partial charge < -0.3 is 18.9 Å². The number of amides is 1. The molecule has 26 heavy (non-hydrogen) atoms. The number of hydrogen-bond acceptors (Lipinski definition) is 5. The first-order chi connectivity index (χ1) is 12.6. The second-order valence-electron chi connectivity index (χ2n) is 7.93. The van der Waals surface area contributed by atoms with Crippen molar-refractivity contribution < 1.29 is 18.4 Å². The van der Waals surface area contributed by atoms with E-state index < -0.39 is 0 Å². The number of furan rings is 2. The van der Waals surface area contributed by atoms with Gasteiger partial charge in [-0.25, -0.2) is 0 Å². The molecule has 0 saturated carbocycles. The van der Waals surface area contributed by atoms with Crippen molar-refractivity contribution in [2.24, 2.45) is 11.8 Å². The van der Waals surface area contributed by atoms with Gasteiger partial charge in [0.1, 0.15) is 17.8 Å². The molecule has 0 unspecified atom stereocenters. The van der Waals surface area contributed by atoms with Crippen LogP contribution in [0.4, 0.5) is 0 Å². The second kappa shape index (κ2) is 5.99. The SMILES string of the molecule is Cc1ccc(CN2C[C@@H]3[C@H](CNC(=O)c4ccoc4)[C@H]4CC[C@]3(C2)O4)o1. The molecule has 6 nitrogen and oxygen atoms in total. The van der Waals surface area contributed by atoms with E-state index in [1.807, 2.05) is 13.0 Å². The fourth-order valence-corrected chi connectivity index (χ4v) is 5.18. The first-order valence-corrected chi connectivity index (χ1v) is 9.39. The molecule has 0 aromatic carbocycles. The van der Waals surface area contributed by atoms with Crippen LogP contribution in [0.3, 0.4) is 0 Å². The number of rotatable bonds is 5.